The van der Waals surface area contributed by atoms with Gasteiger partial charge in [-0.1, -0.05) is 19.3 Å². The van der Waals surface area contributed by atoms with E-state index in [1.165, 1.54) is 19.3 Å². The van der Waals surface area contributed by atoms with E-state index in [9.17, 15) is 9.59 Å². The summed E-state index contributed by atoms with van der Waals surface area (Å²) < 4.78 is 0. The summed E-state index contributed by atoms with van der Waals surface area (Å²) in [6.45, 7) is 5.48. The van der Waals surface area contributed by atoms with Crippen molar-refractivity contribution in [1.82, 2.24) is 10.2 Å². The summed E-state index contributed by atoms with van der Waals surface area (Å²) in [5.74, 6) is 0.727. The van der Waals surface area contributed by atoms with Gasteiger partial charge in [-0.05, 0) is 39.5 Å². The first-order valence-corrected chi connectivity index (χ1v) is 8.61. The van der Waals surface area contributed by atoms with Gasteiger partial charge >= 0.3 is 0 Å². The van der Waals surface area contributed by atoms with Crippen LogP contribution in [0.15, 0.2) is 0 Å². The van der Waals surface area contributed by atoms with Gasteiger partial charge in [0.2, 0.25) is 11.8 Å². The molecule has 1 N–H and O–H groups in total. The second-order valence-electron chi connectivity index (χ2n) is 7.63. The summed E-state index contributed by atoms with van der Waals surface area (Å²) >= 11 is 0. The van der Waals surface area contributed by atoms with Crippen LogP contribution in [0, 0.1) is 17.3 Å². The molecule has 21 heavy (non-hydrogen) atoms. The molecule has 2 saturated carbocycles. The fourth-order valence-electron chi connectivity index (χ4n) is 4.38. The summed E-state index contributed by atoms with van der Waals surface area (Å²) in [6.07, 6.45) is 7.91. The maximum atomic E-state index is 12.6. The van der Waals surface area contributed by atoms with Gasteiger partial charge < -0.3 is 10.2 Å². The number of nitrogens with zero attached hydrogens (tertiary/aromatic N) is 1. The number of carbonyl (C=O) groups excluding carboxylic acids is 2. The predicted octanol–water partition coefficient (Wildman–Crippen LogP) is 2.33. The van der Waals surface area contributed by atoms with Crippen molar-refractivity contribution in [3.63, 3.8) is 0 Å². The predicted molar refractivity (Wildman–Crippen MR) is 81.6 cm³/mol. The first kappa shape index (κ1) is 14.9. The molecular weight excluding hydrogens is 264 g/mol. The molecule has 1 atom stereocenters. The number of hydrogen-bond donors (Lipinski definition) is 1. The molecule has 0 aromatic rings. The molecule has 0 aromatic heterocycles. The summed E-state index contributed by atoms with van der Waals surface area (Å²) in [6, 6.07) is 0.173. The third kappa shape index (κ3) is 2.69. The molecule has 3 fully saturated rings. The van der Waals surface area contributed by atoms with Crippen LogP contribution >= 0.6 is 0 Å². The van der Waals surface area contributed by atoms with E-state index in [-0.39, 0.29) is 29.2 Å². The molecule has 0 radical (unpaired) electrons. The second kappa shape index (κ2) is 5.62. The Morgan fingerprint density at radius 1 is 1.14 bits per heavy atom. The van der Waals surface area contributed by atoms with Crippen LogP contribution in [0.4, 0.5) is 0 Å². The van der Waals surface area contributed by atoms with E-state index < -0.39 is 0 Å². The van der Waals surface area contributed by atoms with Gasteiger partial charge in [-0.3, -0.25) is 9.59 Å². The van der Waals surface area contributed by atoms with Gasteiger partial charge in [0.05, 0.1) is 5.92 Å². The quantitative estimate of drug-likeness (QED) is 0.868. The van der Waals surface area contributed by atoms with Crippen LogP contribution in [0.5, 0.6) is 0 Å². The zero-order valence-electron chi connectivity index (χ0n) is 13.4. The highest BCUT2D eigenvalue weighted by Gasteiger charge is 2.53. The van der Waals surface area contributed by atoms with Crippen LogP contribution in [0.25, 0.3) is 0 Å². The summed E-state index contributed by atoms with van der Waals surface area (Å²) in [5.41, 5.74) is 0.0678. The minimum absolute atomic E-state index is 0.00595. The highest BCUT2D eigenvalue weighted by molar-refractivity contribution is 5.84. The fraction of sp³-hybridized carbons (Fsp3) is 0.882. The molecule has 3 rings (SSSR count). The topological polar surface area (TPSA) is 49.4 Å². The lowest BCUT2D eigenvalue weighted by atomic mass is 9.76. The molecule has 2 amide bonds. The third-order valence-electron chi connectivity index (χ3n) is 5.76. The Kier molecular flexibility index (Phi) is 3.98. The van der Waals surface area contributed by atoms with Gasteiger partial charge in [0.15, 0.2) is 0 Å². The average molecular weight is 292 g/mol. The lowest BCUT2D eigenvalue weighted by Gasteiger charge is -2.31. The number of hydrogen-bond acceptors (Lipinski definition) is 2. The molecule has 1 saturated heterocycles. The van der Waals surface area contributed by atoms with Gasteiger partial charge in [0.1, 0.15) is 0 Å². The van der Waals surface area contributed by atoms with Gasteiger partial charge in [0, 0.05) is 30.5 Å². The van der Waals surface area contributed by atoms with Crippen molar-refractivity contribution in [3.05, 3.63) is 0 Å². The van der Waals surface area contributed by atoms with Crippen molar-refractivity contribution < 1.29 is 9.59 Å². The Morgan fingerprint density at radius 3 is 2.33 bits per heavy atom. The van der Waals surface area contributed by atoms with Gasteiger partial charge in [-0.2, -0.15) is 0 Å². The SMILES string of the molecule is CC(C)NC(=O)C1CN(C(=O)C2CCC2)CC12CCCC2. The molecule has 0 bridgehead atoms. The van der Waals surface area contributed by atoms with Crippen LogP contribution in [0.3, 0.4) is 0 Å². The number of rotatable bonds is 3. The molecule has 0 aromatic carbocycles. The van der Waals surface area contributed by atoms with E-state index in [4.69, 9.17) is 0 Å². The Bertz CT molecular complexity index is 423. The number of nitrogens with one attached hydrogen (secondary N) is 1. The highest BCUT2D eigenvalue weighted by Crippen LogP contribution is 2.49. The van der Waals surface area contributed by atoms with Crippen molar-refractivity contribution >= 4 is 11.8 Å². The van der Waals surface area contributed by atoms with Gasteiger partial charge in [-0.25, -0.2) is 0 Å². The largest absolute Gasteiger partial charge is 0.354 e. The molecule has 2 aliphatic carbocycles. The normalized spacial score (nSPS) is 28.1. The molecule has 1 spiro atoms. The van der Waals surface area contributed by atoms with E-state index in [0.29, 0.717) is 12.5 Å². The van der Waals surface area contributed by atoms with Gasteiger partial charge in [0.25, 0.3) is 0 Å². The summed E-state index contributed by atoms with van der Waals surface area (Å²) in [5, 5.41) is 3.08. The Hall–Kier alpha value is -1.06. The lowest BCUT2D eigenvalue weighted by Crippen LogP contribution is -2.42. The minimum Gasteiger partial charge on any atom is -0.354 e. The Balaban J connectivity index is 1.74. The van der Waals surface area contributed by atoms with Crippen molar-refractivity contribution in [3.8, 4) is 0 Å². The number of carbonyl (C=O) groups is 2. The molecule has 4 nitrogen and oxygen atoms in total. The first-order chi connectivity index (χ1) is 10.0. The standard InChI is InChI=1S/C17H28N2O2/c1-12(2)18-15(20)14-10-19(16(21)13-6-5-7-13)11-17(14)8-3-4-9-17/h12-14H,3-11H2,1-2H3,(H,18,20). The lowest BCUT2D eigenvalue weighted by molar-refractivity contribution is -0.137. The van der Waals surface area contributed by atoms with Crippen molar-refractivity contribution in [2.75, 3.05) is 13.1 Å². The summed E-state index contributed by atoms with van der Waals surface area (Å²) in [7, 11) is 0. The molecule has 118 valence electrons. The molecule has 1 heterocycles. The monoisotopic (exact) mass is 292 g/mol. The molecule has 1 unspecified atom stereocenters. The summed E-state index contributed by atoms with van der Waals surface area (Å²) in [4.78, 5) is 27.2. The van der Waals surface area contributed by atoms with Crippen LogP contribution in [-0.4, -0.2) is 35.8 Å². The van der Waals surface area contributed by atoms with E-state index in [1.54, 1.807) is 0 Å². The maximum absolute atomic E-state index is 12.6. The molecular formula is C17H28N2O2. The van der Waals surface area contributed by atoms with E-state index in [1.807, 2.05) is 18.7 Å². The van der Waals surface area contributed by atoms with Crippen molar-refractivity contribution in [1.29, 1.82) is 0 Å². The molecule has 3 aliphatic rings. The second-order valence-corrected chi connectivity index (χ2v) is 7.63. The van der Waals surface area contributed by atoms with Crippen LogP contribution < -0.4 is 5.32 Å². The highest BCUT2D eigenvalue weighted by atomic mass is 16.2. The van der Waals surface area contributed by atoms with E-state index >= 15 is 0 Å². The first-order valence-electron chi connectivity index (χ1n) is 8.61. The van der Waals surface area contributed by atoms with E-state index in [2.05, 4.69) is 5.32 Å². The number of amides is 2. The average Bonchev–Trinajstić information content (AvgIpc) is 2.95. The van der Waals surface area contributed by atoms with Crippen molar-refractivity contribution in [2.45, 2.75) is 64.8 Å². The Morgan fingerprint density at radius 2 is 1.81 bits per heavy atom. The van der Waals surface area contributed by atoms with Crippen molar-refractivity contribution in [2.24, 2.45) is 17.3 Å². The van der Waals surface area contributed by atoms with E-state index in [0.717, 1.165) is 32.2 Å². The van der Waals surface area contributed by atoms with Crippen LogP contribution in [0.1, 0.15) is 58.8 Å². The molecule has 4 heteroatoms. The zero-order valence-corrected chi connectivity index (χ0v) is 13.4. The smallest absolute Gasteiger partial charge is 0.225 e. The zero-order chi connectivity index (χ0) is 15.0. The van der Waals surface area contributed by atoms with Gasteiger partial charge in [-0.15, -0.1) is 0 Å². The maximum Gasteiger partial charge on any atom is 0.225 e. The fourth-order valence-corrected chi connectivity index (χ4v) is 4.38. The Labute approximate surface area is 127 Å². The number of likely N-dealkylation sites (tertiary alicyclic amines) is 1. The third-order valence-corrected chi connectivity index (χ3v) is 5.76. The minimum atomic E-state index is 0.00595. The van der Waals surface area contributed by atoms with Crippen LogP contribution in [-0.2, 0) is 9.59 Å². The van der Waals surface area contributed by atoms with Crippen LogP contribution in [0.2, 0.25) is 0 Å². The molecule has 1 aliphatic heterocycles.